The molecule has 1 aliphatic heterocycles. The van der Waals surface area contributed by atoms with Gasteiger partial charge in [-0.05, 0) is 37.0 Å². The van der Waals surface area contributed by atoms with Gasteiger partial charge in [-0.25, -0.2) is 13.4 Å². The van der Waals surface area contributed by atoms with Crippen molar-refractivity contribution < 1.29 is 13.5 Å². The number of sulfonamides is 1. The van der Waals surface area contributed by atoms with Crippen molar-refractivity contribution in [2.75, 3.05) is 15.8 Å². The van der Waals surface area contributed by atoms with Gasteiger partial charge in [0, 0.05) is 23.4 Å². The van der Waals surface area contributed by atoms with Gasteiger partial charge in [0.05, 0.1) is 17.5 Å². The van der Waals surface area contributed by atoms with Gasteiger partial charge in [-0.2, -0.15) is 0 Å². The number of benzene rings is 1. The summed E-state index contributed by atoms with van der Waals surface area (Å²) in [7, 11) is -3.26. The molecule has 0 amide bonds. The van der Waals surface area contributed by atoms with Crippen LogP contribution < -0.4 is 4.31 Å². The van der Waals surface area contributed by atoms with Crippen molar-refractivity contribution in [2.45, 2.75) is 42.7 Å². The third-order valence-electron chi connectivity index (χ3n) is 4.35. The summed E-state index contributed by atoms with van der Waals surface area (Å²) in [6.07, 6.45) is 3.36. The number of rotatable bonds is 7. The lowest BCUT2D eigenvalue weighted by Gasteiger charge is -2.25. The molecule has 1 saturated heterocycles. The predicted molar refractivity (Wildman–Crippen MR) is 104 cm³/mol. The number of hydrogen-bond donors (Lipinski definition) is 1. The van der Waals surface area contributed by atoms with Gasteiger partial charge >= 0.3 is 0 Å². The highest BCUT2D eigenvalue weighted by Crippen LogP contribution is 2.33. The number of nitrogens with zero attached hydrogens (tertiary/aromatic N) is 2. The van der Waals surface area contributed by atoms with Gasteiger partial charge in [0.15, 0.2) is 0 Å². The summed E-state index contributed by atoms with van der Waals surface area (Å²) in [5.74, 6) is 1.04. The molecule has 25 heavy (non-hydrogen) atoms. The van der Waals surface area contributed by atoms with Crippen LogP contribution in [0.1, 0.15) is 37.9 Å². The molecule has 5 nitrogen and oxygen atoms in total. The van der Waals surface area contributed by atoms with Crippen LogP contribution in [0.15, 0.2) is 40.2 Å². The number of aliphatic hydroxyl groups is 1. The minimum absolute atomic E-state index is 0.0144. The minimum atomic E-state index is -3.26. The molecule has 0 aliphatic carbocycles. The molecule has 1 aromatic heterocycles. The summed E-state index contributed by atoms with van der Waals surface area (Å²) in [5, 5.41) is 11.9. The topological polar surface area (TPSA) is 70.5 Å². The zero-order valence-electron chi connectivity index (χ0n) is 14.0. The second-order valence-corrected chi connectivity index (χ2v) is 10.2. The van der Waals surface area contributed by atoms with E-state index in [4.69, 9.17) is 0 Å². The number of aliphatic hydroxyl groups excluding tert-OH is 1. The van der Waals surface area contributed by atoms with E-state index in [2.05, 4.69) is 4.98 Å². The monoisotopic (exact) mass is 398 g/mol. The van der Waals surface area contributed by atoms with Gasteiger partial charge in [0.25, 0.3) is 0 Å². The smallest absolute Gasteiger partial charge is 0.235 e. The Balaban J connectivity index is 1.71. The summed E-state index contributed by atoms with van der Waals surface area (Å²) < 4.78 is 27.6. The fraction of sp³-hybridized carbons (Fsp3) is 0.471. The molecule has 1 fully saturated rings. The third-order valence-corrected chi connectivity index (χ3v) is 8.20. The predicted octanol–water partition coefficient (Wildman–Crippen LogP) is 3.68. The van der Waals surface area contributed by atoms with E-state index in [1.807, 2.05) is 24.4 Å². The molecule has 1 aromatic carbocycles. The maximum Gasteiger partial charge on any atom is 0.235 e. The Bertz CT molecular complexity index is 776. The number of thiazole rings is 1. The van der Waals surface area contributed by atoms with Crippen LogP contribution in [-0.4, -0.2) is 36.1 Å². The van der Waals surface area contributed by atoms with Gasteiger partial charge in [-0.3, -0.25) is 4.31 Å². The maximum absolute atomic E-state index is 12.5. The van der Waals surface area contributed by atoms with Crippen molar-refractivity contribution in [3.8, 4) is 0 Å². The van der Waals surface area contributed by atoms with Crippen LogP contribution in [0.5, 0.6) is 0 Å². The van der Waals surface area contributed by atoms with Crippen molar-refractivity contribution in [1.82, 2.24) is 4.98 Å². The zero-order valence-corrected chi connectivity index (χ0v) is 16.5. The Hall–Kier alpha value is -1.09. The SMILES string of the molecule is CCC(O)c1ccc(N2C(CCSc3nccs3)CCS2(=O)=O)cc1. The zero-order chi connectivity index (χ0) is 17.9. The van der Waals surface area contributed by atoms with E-state index >= 15 is 0 Å². The highest BCUT2D eigenvalue weighted by atomic mass is 32.2. The van der Waals surface area contributed by atoms with Crippen molar-refractivity contribution in [2.24, 2.45) is 0 Å². The highest BCUT2D eigenvalue weighted by molar-refractivity contribution is 8.01. The van der Waals surface area contributed by atoms with Crippen molar-refractivity contribution in [3.63, 3.8) is 0 Å². The van der Waals surface area contributed by atoms with Gasteiger partial charge in [0.1, 0.15) is 4.34 Å². The average molecular weight is 399 g/mol. The lowest BCUT2D eigenvalue weighted by atomic mass is 10.1. The van der Waals surface area contributed by atoms with Crippen LogP contribution in [0.3, 0.4) is 0 Å². The molecule has 0 spiro atoms. The molecule has 1 N–H and O–H groups in total. The Morgan fingerprint density at radius 2 is 2.16 bits per heavy atom. The summed E-state index contributed by atoms with van der Waals surface area (Å²) >= 11 is 3.28. The van der Waals surface area contributed by atoms with Crippen molar-refractivity contribution in [1.29, 1.82) is 0 Å². The molecule has 136 valence electrons. The number of thioether (sulfide) groups is 1. The van der Waals surface area contributed by atoms with E-state index in [1.54, 1.807) is 45.7 Å². The molecule has 0 bridgehead atoms. The third kappa shape index (κ3) is 4.36. The summed E-state index contributed by atoms with van der Waals surface area (Å²) in [4.78, 5) is 4.25. The minimum Gasteiger partial charge on any atom is -0.388 e. The molecule has 0 radical (unpaired) electrons. The molecule has 1 aliphatic rings. The first-order chi connectivity index (χ1) is 12.0. The molecule has 2 aromatic rings. The summed E-state index contributed by atoms with van der Waals surface area (Å²) in [6.45, 7) is 1.92. The summed E-state index contributed by atoms with van der Waals surface area (Å²) in [6, 6.07) is 7.23. The Kier molecular flexibility index (Phi) is 6.04. The van der Waals surface area contributed by atoms with Crippen LogP contribution in [0.25, 0.3) is 0 Å². The van der Waals surface area contributed by atoms with Gasteiger partial charge < -0.3 is 5.11 Å². The highest BCUT2D eigenvalue weighted by Gasteiger charge is 2.37. The fourth-order valence-electron chi connectivity index (χ4n) is 3.00. The Morgan fingerprint density at radius 3 is 2.80 bits per heavy atom. The molecule has 8 heteroatoms. The Labute approximate surface area is 157 Å². The average Bonchev–Trinajstić information content (AvgIpc) is 3.22. The lowest BCUT2D eigenvalue weighted by molar-refractivity contribution is 0.173. The summed E-state index contributed by atoms with van der Waals surface area (Å²) in [5.41, 5.74) is 1.51. The van der Waals surface area contributed by atoms with E-state index in [0.29, 0.717) is 18.5 Å². The van der Waals surface area contributed by atoms with Crippen LogP contribution in [0, 0.1) is 0 Å². The standard InChI is InChI=1S/C17H22N2O3S3/c1-2-16(20)13-3-5-14(6-4-13)19-15(8-12-25(19,21)22)7-10-23-17-18-9-11-24-17/h3-6,9,11,15-16,20H,2,7-8,10,12H2,1H3. The van der Waals surface area contributed by atoms with E-state index in [0.717, 1.165) is 22.1 Å². The van der Waals surface area contributed by atoms with E-state index in [-0.39, 0.29) is 11.8 Å². The normalized spacial score (nSPS) is 20.7. The molecule has 2 atom stereocenters. The molecule has 0 saturated carbocycles. The van der Waals surface area contributed by atoms with E-state index in [1.165, 1.54) is 0 Å². The van der Waals surface area contributed by atoms with Gasteiger partial charge in [-0.15, -0.1) is 11.3 Å². The molecular formula is C17H22N2O3S3. The number of hydrogen-bond acceptors (Lipinski definition) is 6. The fourth-order valence-corrected chi connectivity index (χ4v) is 6.63. The van der Waals surface area contributed by atoms with Gasteiger partial charge in [0.2, 0.25) is 10.0 Å². The van der Waals surface area contributed by atoms with Crippen molar-refractivity contribution in [3.05, 3.63) is 41.4 Å². The van der Waals surface area contributed by atoms with E-state index in [9.17, 15) is 13.5 Å². The largest absolute Gasteiger partial charge is 0.388 e. The Morgan fingerprint density at radius 1 is 1.40 bits per heavy atom. The first kappa shape index (κ1) is 18.7. The molecule has 2 unspecified atom stereocenters. The number of anilines is 1. The van der Waals surface area contributed by atoms with Crippen LogP contribution >= 0.6 is 23.1 Å². The molecular weight excluding hydrogens is 376 g/mol. The second-order valence-electron chi connectivity index (χ2n) is 6.01. The van der Waals surface area contributed by atoms with Crippen LogP contribution in [0.4, 0.5) is 5.69 Å². The molecule has 2 heterocycles. The quantitative estimate of drug-likeness (QED) is 0.721. The van der Waals surface area contributed by atoms with E-state index < -0.39 is 16.1 Å². The first-order valence-corrected chi connectivity index (χ1v) is 11.8. The van der Waals surface area contributed by atoms with Gasteiger partial charge in [-0.1, -0.05) is 30.8 Å². The second kappa shape index (κ2) is 8.07. The number of aromatic nitrogens is 1. The maximum atomic E-state index is 12.5. The van der Waals surface area contributed by atoms with Crippen molar-refractivity contribution >= 4 is 38.8 Å². The van der Waals surface area contributed by atoms with Crippen LogP contribution in [-0.2, 0) is 10.0 Å². The first-order valence-electron chi connectivity index (χ1n) is 8.33. The van der Waals surface area contributed by atoms with Crippen LogP contribution in [0.2, 0.25) is 0 Å². The molecule has 3 rings (SSSR count). The lowest BCUT2D eigenvalue weighted by Crippen LogP contribution is -2.33.